The fourth-order valence-electron chi connectivity index (χ4n) is 2.52. The molecule has 1 fully saturated rings. The van der Waals surface area contributed by atoms with E-state index >= 15 is 0 Å². The van der Waals surface area contributed by atoms with Crippen molar-refractivity contribution in [3.05, 3.63) is 35.6 Å². The standard InChI is InChI=1S/C14H21FN2/c1-16-14(7-10-17-8-2-3-9-17)12-5-4-6-13(15)11-12/h4-6,11,14,16H,2-3,7-10H2,1H3. The van der Waals surface area contributed by atoms with Crippen LogP contribution < -0.4 is 5.32 Å². The minimum absolute atomic E-state index is 0.149. The Morgan fingerprint density at radius 2 is 2.12 bits per heavy atom. The molecule has 0 bridgehead atoms. The van der Waals surface area contributed by atoms with Crippen LogP contribution >= 0.6 is 0 Å². The number of rotatable bonds is 5. The molecule has 1 unspecified atom stereocenters. The summed E-state index contributed by atoms with van der Waals surface area (Å²) in [4.78, 5) is 2.49. The molecule has 2 rings (SSSR count). The van der Waals surface area contributed by atoms with E-state index in [1.807, 2.05) is 13.1 Å². The predicted octanol–water partition coefficient (Wildman–Crippen LogP) is 2.57. The van der Waals surface area contributed by atoms with Crippen LogP contribution in [0.5, 0.6) is 0 Å². The quantitative estimate of drug-likeness (QED) is 0.845. The summed E-state index contributed by atoms with van der Waals surface area (Å²) in [6, 6.07) is 7.16. The lowest BCUT2D eigenvalue weighted by Gasteiger charge is -2.21. The molecule has 0 aromatic heterocycles. The summed E-state index contributed by atoms with van der Waals surface area (Å²) in [5.74, 6) is -0.149. The third-order valence-electron chi connectivity index (χ3n) is 3.53. The van der Waals surface area contributed by atoms with Gasteiger partial charge in [-0.2, -0.15) is 0 Å². The Balaban J connectivity index is 1.91. The van der Waals surface area contributed by atoms with Crippen molar-refractivity contribution < 1.29 is 4.39 Å². The van der Waals surface area contributed by atoms with E-state index in [2.05, 4.69) is 10.2 Å². The zero-order valence-corrected chi connectivity index (χ0v) is 10.5. The smallest absolute Gasteiger partial charge is 0.123 e. The maximum absolute atomic E-state index is 13.2. The summed E-state index contributed by atoms with van der Waals surface area (Å²) in [6.07, 6.45) is 3.69. The second-order valence-corrected chi connectivity index (χ2v) is 4.73. The van der Waals surface area contributed by atoms with Crippen molar-refractivity contribution in [1.82, 2.24) is 10.2 Å². The van der Waals surface area contributed by atoms with Gasteiger partial charge in [0.2, 0.25) is 0 Å². The molecule has 94 valence electrons. The van der Waals surface area contributed by atoms with Gasteiger partial charge in [0.1, 0.15) is 5.82 Å². The molecule has 0 saturated carbocycles. The Morgan fingerprint density at radius 1 is 1.35 bits per heavy atom. The lowest BCUT2D eigenvalue weighted by molar-refractivity contribution is 0.314. The normalized spacial score (nSPS) is 18.5. The highest BCUT2D eigenvalue weighted by Crippen LogP contribution is 2.19. The van der Waals surface area contributed by atoms with Crippen LogP contribution in [0.3, 0.4) is 0 Å². The van der Waals surface area contributed by atoms with Crippen molar-refractivity contribution in [2.75, 3.05) is 26.7 Å². The molecule has 0 amide bonds. The van der Waals surface area contributed by atoms with Crippen LogP contribution in [0, 0.1) is 5.82 Å². The minimum atomic E-state index is -0.149. The van der Waals surface area contributed by atoms with Gasteiger partial charge in [-0.3, -0.25) is 0 Å². The Morgan fingerprint density at radius 3 is 2.76 bits per heavy atom. The van der Waals surface area contributed by atoms with Gasteiger partial charge in [0, 0.05) is 6.04 Å². The molecule has 2 nitrogen and oxygen atoms in total. The zero-order chi connectivity index (χ0) is 12.1. The van der Waals surface area contributed by atoms with Gasteiger partial charge in [-0.25, -0.2) is 4.39 Å². The van der Waals surface area contributed by atoms with E-state index in [9.17, 15) is 4.39 Å². The molecule has 1 saturated heterocycles. The average molecular weight is 236 g/mol. The van der Waals surface area contributed by atoms with Gasteiger partial charge in [-0.15, -0.1) is 0 Å². The van der Waals surface area contributed by atoms with Gasteiger partial charge in [-0.1, -0.05) is 12.1 Å². The largest absolute Gasteiger partial charge is 0.313 e. The van der Waals surface area contributed by atoms with Crippen LogP contribution in [-0.4, -0.2) is 31.6 Å². The van der Waals surface area contributed by atoms with Crippen molar-refractivity contribution in [2.45, 2.75) is 25.3 Å². The van der Waals surface area contributed by atoms with Crippen LogP contribution in [0.2, 0.25) is 0 Å². The van der Waals surface area contributed by atoms with Gasteiger partial charge in [0.05, 0.1) is 0 Å². The van der Waals surface area contributed by atoms with Gasteiger partial charge in [0.25, 0.3) is 0 Å². The number of nitrogens with one attached hydrogen (secondary N) is 1. The SMILES string of the molecule is CNC(CCN1CCCC1)c1cccc(F)c1. The van der Waals surface area contributed by atoms with Crippen molar-refractivity contribution >= 4 is 0 Å². The number of benzene rings is 1. The van der Waals surface area contributed by atoms with Gasteiger partial charge in [-0.05, 0) is 63.6 Å². The fraction of sp³-hybridized carbons (Fsp3) is 0.571. The van der Waals surface area contributed by atoms with Gasteiger partial charge < -0.3 is 10.2 Å². The molecule has 1 N–H and O–H groups in total. The molecule has 1 aliphatic heterocycles. The molecule has 1 atom stereocenters. The zero-order valence-electron chi connectivity index (χ0n) is 10.5. The van der Waals surface area contributed by atoms with Gasteiger partial charge >= 0.3 is 0 Å². The average Bonchev–Trinajstić information content (AvgIpc) is 2.83. The predicted molar refractivity (Wildman–Crippen MR) is 68.5 cm³/mol. The maximum atomic E-state index is 13.2. The highest BCUT2D eigenvalue weighted by atomic mass is 19.1. The Kier molecular flexibility index (Phi) is 4.51. The second kappa shape index (κ2) is 6.12. The topological polar surface area (TPSA) is 15.3 Å². The third-order valence-corrected chi connectivity index (χ3v) is 3.53. The lowest BCUT2D eigenvalue weighted by Crippen LogP contribution is -2.26. The Bertz CT molecular complexity index is 348. The van der Waals surface area contributed by atoms with E-state index in [4.69, 9.17) is 0 Å². The van der Waals surface area contributed by atoms with E-state index in [0.29, 0.717) is 0 Å². The summed E-state index contributed by atoms with van der Waals surface area (Å²) in [5, 5.41) is 3.28. The number of hydrogen-bond acceptors (Lipinski definition) is 2. The molecular weight excluding hydrogens is 215 g/mol. The summed E-state index contributed by atoms with van der Waals surface area (Å²) < 4.78 is 13.2. The minimum Gasteiger partial charge on any atom is -0.313 e. The number of halogens is 1. The lowest BCUT2D eigenvalue weighted by atomic mass is 10.0. The van der Waals surface area contributed by atoms with Crippen molar-refractivity contribution in [3.63, 3.8) is 0 Å². The first-order chi connectivity index (χ1) is 8.29. The molecule has 1 aliphatic rings. The first-order valence-corrected chi connectivity index (χ1v) is 6.44. The maximum Gasteiger partial charge on any atom is 0.123 e. The van der Waals surface area contributed by atoms with Crippen LogP contribution in [0.1, 0.15) is 30.9 Å². The molecular formula is C14H21FN2. The molecule has 1 heterocycles. The number of hydrogen-bond donors (Lipinski definition) is 1. The molecule has 0 radical (unpaired) electrons. The van der Waals surface area contributed by atoms with E-state index in [1.165, 1.54) is 32.0 Å². The first kappa shape index (κ1) is 12.5. The molecule has 17 heavy (non-hydrogen) atoms. The van der Waals surface area contributed by atoms with Crippen molar-refractivity contribution in [2.24, 2.45) is 0 Å². The van der Waals surface area contributed by atoms with Crippen molar-refractivity contribution in [1.29, 1.82) is 0 Å². The second-order valence-electron chi connectivity index (χ2n) is 4.73. The molecule has 0 spiro atoms. The van der Waals surface area contributed by atoms with E-state index in [1.54, 1.807) is 12.1 Å². The van der Waals surface area contributed by atoms with E-state index in [0.717, 1.165) is 18.5 Å². The van der Waals surface area contributed by atoms with Crippen LogP contribution in [0.4, 0.5) is 4.39 Å². The first-order valence-electron chi connectivity index (χ1n) is 6.44. The molecule has 3 heteroatoms. The summed E-state index contributed by atoms with van der Waals surface area (Å²) in [6.45, 7) is 3.54. The molecule has 0 aliphatic carbocycles. The van der Waals surface area contributed by atoms with E-state index in [-0.39, 0.29) is 11.9 Å². The third kappa shape index (κ3) is 3.51. The Labute approximate surface area is 103 Å². The summed E-state index contributed by atoms with van der Waals surface area (Å²) in [7, 11) is 1.94. The van der Waals surface area contributed by atoms with Crippen LogP contribution in [-0.2, 0) is 0 Å². The van der Waals surface area contributed by atoms with Crippen molar-refractivity contribution in [3.8, 4) is 0 Å². The number of nitrogens with zero attached hydrogens (tertiary/aromatic N) is 1. The summed E-state index contributed by atoms with van der Waals surface area (Å²) >= 11 is 0. The van der Waals surface area contributed by atoms with E-state index < -0.39 is 0 Å². The monoisotopic (exact) mass is 236 g/mol. The number of likely N-dealkylation sites (tertiary alicyclic amines) is 1. The van der Waals surface area contributed by atoms with Crippen LogP contribution in [0.15, 0.2) is 24.3 Å². The highest BCUT2D eigenvalue weighted by Gasteiger charge is 2.15. The molecule has 1 aromatic carbocycles. The van der Waals surface area contributed by atoms with Gasteiger partial charge in [0.15, 0.2) is 0 Å². The summed E-state index contributed by atoms with van der Waals surface area (Å²) in [5.41, 5.74) is 1.05. The Hall–Kier alpha value is -0.930. The fourth-order valence-corrected chi connectivity index (χ4v) is 2.52. The van der Waals surface area contributed by atoms with Crippen LogP contribution in [0.25, 0.3) is 0 Å². The molecule has 1 aromatic rings. The highest BCUT2D eigenvalue weighted by molar-refractivity contribution is 5.20.